The monoisotopic (exact) mass is 312 g/mol. The van der Waals surface area contributed by atoms with Crippen LogP contribution in [-0.2, 0) is 19.3 Å². The molecule has 0 atom stereocenters. The lowest BCUT2D eigenvalue weighted by atomic mass is 9.90. The fourth-order valence-corrected chi connectivity index (χ4v) is 2.92. The zero-order valence-corrected chi connectivity index (χ0v) is 12.9. The van der Waals surface area contributed by atoms with Gasteiger partial charge in [0.2, 0.25) is 0 Å². The number of carbonyl (C=O) groups excluding carboxylic acids is 1. The van der Waals surface area contributed by atoms with Gasteiger partial charge < -0.3 is 16.0 Å². The molecule has 120 valence electrons. The molecular formula is C17H20N4O2. The van der Waals surface area contributed by atoms with Crippen LogP contribution in [-0.4, -0.2) is 22.4 Å². The maximum Gasteiger partial charge on any atom is 0.252 e. The zero-order chi connectivity index (χ0) is 16.2. The van der Waals surface area contributed by atoms with E-state index in [0.29, 0.717) is 24.4 Å². The van der Waals surface area contributed by atoms with Crippen molar-refractivity contribution in [3.05, 3.63) is 57.1 Å². The molecule has 6 nitrogen and oxygen atoms in total. The van der Waals surface area contributed by atoms with E-state index < -0.39 is 0 Å². The maximum absolute atomic E-state index is 12.2. The SMILES string of the molecule is Nc1cc(=O)[nH]c(CCNC(=O)c2ccc3c(c2)CCCC3)n1. The summed E-state index contributed by atoms with van der Waals surface area (Å²) in [5.41, 5.74) is 8.56. The van der Waals surface area contributed by atoms with Crippen LogP contribution in [0.4, 0.5) is 5.82 Å². The number of hydrogen-bond donors (Lipinski definition) is 3. The third kappa shape index (κ3) is 3.77. The molecule has 0 aliphatic heterocycles. The Balaban J connectivity index is 1.60. The number of fused-ring (bicyclic) bond motifs is 1. The second-order valence-electron chi connectivity index (χ2n) is 5.81. The van der Waals surface area contributed by atoms with Gasteiger partial charge in [0, 0.05) is 24.6 Å². The average Bonchev–Trinajstić information content (AvgIpc) is 2.53. The molecule has 0 saturated heterocycles. The highest BCUT2D eigenvalue weighted by Gasteiger charge is 2.12. The fourth-order valence-electron chi connectivity index (χ4n) is 2.92. The number of nitrogen functional groups attached to an aromatic ring is 1. The number of benzene rings is 1. The maximum atomic E-state index is 12.2. The van der Waals surface area contributed by atoms with E-state index in [1.165, 1.54) is 30.0 Å². The van der Waals surface area contributed by atoms with Gasteiger partial charge in [-0.1, -0.05) is 6.07 Å². The van der Waals surface area contributed by atoms with Crippen LogP contribution >= 0.6 is 0 Å². The van der Waals surface area contributed by atoms with Gasteiger partial charge in [0.15, 0.2) is 0 Å². The first-order valence-electron chi connectivity index (χ1n) is 7.87. The van der Waals surface area contributed by atoms with Gasteiger partial charge in [-0.3, -0.25) is 9.59 Å². The summed E-state index contributed by atoms with van der Waals surface area (Å²) < 4.78 is 0. The molecule has 1 aliphatic carbocycles. The highest BCUT2D eigenvalue weighted by molar-refractivity contribution is 5.94. The number of aromatic amines is 1. The summed E-state index contributed by atoms with van der Waals surface area (Å²) in [6.07, 6.45) is 4.99. The summed E-state index contributed by atoms with van der Waals surface area (Å²) in [4.78, 5) is 30.2. The topological polar surface area (TPSA) is 101 Å². The number of anilines is 1. The largest absolute Gasteiger partial charge is 0.383 e. The van der Waals surface area contributed by atoms with Gasteiger partial charge in [-0.25, -0.2) is 4.98 Å². The summed E-state index contributed by atoms with van der Waals surface area (Å²) >= 11 is 0. The van der Waals surface area contributed by atoms with Crippen LogP contribution in [0, 0.1) is 0 Å². The Hall–Kier alpha value is -2.63. The van der Waals surface area contributed by atoms with Gasteiger partial charge in [0.1, 0.15) is 11.6 Å². The van der Waals surface area contributed by atoms with Crippen molar-refractivity contribution in [1.82, 2.24) is 15.3 Å². The Kier molecular flexibility index (Phi) is 4.41. The van der Waals surface area contributed by atoms with Crippen LogP contribution in [0.2, 0.25) is 0 Å². The van der Waals surface area contributed by atoms with Crippen molar-refractivity contribution in [2.24, 2.45) is 0 Å². The predicted octanol–water partition coefficient (Wildman–Crippen LogP) is 1.20. The second kappa shape index (κ2) is 6.64. The minimum atomic E-state index is -0.284. The molecule has 1 aliphatic rings. The number of hydrogen-bond acceptors (Lipinski definition) is 4. The number of nitrogens with zero attached hydrogens (tertiary/aromatic N) is 1. The summed E-state index contributed by atoms with van der Waals surface area (Å²) in [5.74, 6) is 0.551. The number of aromatic nitrogens is 2. The molecule has 1 heterocycles. The highest BCUT2D eigenvalue weighted by atomic mass is 16.1. The summed E-state index contributed by atoms with van der Waals surface area (Å²) in [5, 5.41) is 2.85. The predicted molar refractivity (Wildman–Crippen MR) is 88.4 cm³/mol. The number of nitrogens with two attached hydrogens (primary N) is 1. The number of rotatable bonds is 4. The molecule has 3 rings (SSSR count). The third-order valence-corrected chi connectivity index (χ3v) is 4.07. The van der Waals surface area contributed by atoms with E-state index in [1.807, 2.05) is 12.1 Å². The molecule has 0 bridgehead atoms. The number of aryl methyl sites for hydroxylation is 2. The van der Waals surface area contributed by atoms with Gasteiger partial charge in [-0.15, -0.1) is 0 Å². The normalized spacial score (nSPS) is 13.4. The molecule has 2 aromatic rings. The minimum absolute atomic E-state index is 0.107. The van der Waals surface area contributed by atoms with Gasteiger partial charge >= 0.3 is 0 Å². The smallest absolute Gasteiger partial charge is 0.252 e. The van der Waals surface area contributed by atoms with E-state index in [0.717, 1.165) is 12.8 Å². The van der Waals surface area contributed by atoms with Gasteiger partial charge in [-0.05, 0) is 48.9 Å². The fraction of sp³-hybridized carbons (Fsp3) is 0.353. The van der Waals surface area contributed by atoms with Crippen LogP contribution in [0.3, 0.4) is 0 Å². The molecule has 1 aromatic heterocycles. The van der Waals surface area contributed by atoms with Crippen LogP contribution in [0.25, 0.3) is 0 Å². The number of carbonyl (C=O) groups is 1. The molecule has 4 N–H and O–H groups in total. The summed E-state index contributed by atoms with van der Waals surface area (Å²) in [7, 11) is 0. The Morgan fingerprint density at radius 1 is 1.22 bits per heavy atom. The van der Waals surface area contributed by atoms with E-state index in [2.05, 4.69) is 21.4 Å². The van der Waals surface area contributed by atoms with Crippen molar-refractivity contribution in [3.8, 4) is 0 Å². The molecule has 0 saturated carbocycles. The van der Waals surface area contributed by atoms with Crippen LogP contribution in [0.1, 0.15) is 40.2 Å². The van der Waals surface area contributed by atoms with Gasteiger partial charge in [0.25, 0.3) is 11.5 Å². The summed E-state index contributed by atoms with van der Waals surface area (Å²) in [6.45, 7) is 0.391. The van der Waals surface area contributed by atoms with Crippen LogP contribution < -0.4 is 16.6 Å². The molecule has 0 spiro atoms. The van der Waals surface area contributed by atoms with E-state index in [1.54, 1.807) is 0 Å². The Morgan fingerprint density at radius 2 is 2.00 bits per heavy atom. The molecule has 0 unspecified atom stereocenters. The molecule has 6 heteroatoms. The van der Waals surface area contributed by atoms with Gasteiger partial charge in [-0.2, -0.15) is 0 Å². The molecule has 23 heavy (non-hydrogen) atoms. The second-order valence-corrected chi connectivity index (χ2v) is 5.81. The number of H-pyrrole nitrogens is 1. The molecular weight excluding hydrogens is 292 g/mol. The molecule has 0 fully saturated rings. The van der Waals surface area contributed by atoms with Crippen LogP contribution in [0.5, 0.6) is 0 Å². The number of nitrogens with one attached hydrogen (secondary N) is 2. The Labute approximate surface area is 134 Å². The van der Waals surface area contributed by atoms with E-state index in [4.69, 9.17) is 5.73 Å². The van der Waals surface area contributed by atoms with Crippen molar-refractivity contribution >= 4 is 11.7 Å². The van der Waals surface area contributed by atoms with Gasteiger partial charge in [0.05, 0.1) is 0 Å². The van der Waals surface area contributed by atoms with Crippen molar-refractivity contribution in [3.63, 3.8) is 0 Å². The number of amides is 1. The molecule has 0 radical (unpaired) electrons. The summed E-state index contributed by atoms with van der Waals surface area (Å²) in [6, 6.07) is 7.15. The first-order chi connectivity index (χ1) is 11.1. The highest BCUT2D eigenvalue weighted by Crippen LogP contribution is 2.22. The first-order valence-corrected chi connectivity index (χ1v) is 7.87. The third-order valence-electron chi connectivity index (χ3n) is 4.07. The Morgan fingerprint density at radius 3 is 2.78 bits per heavy atom. The zero-order valence-electron chi connectivity index (χ0n) is 12.9. The van der Waals surface area contributed by atoms with Crippen molar-refractivity contribution in [1.29, 1.82) is 0 Å². The van der Waals surface area contributed by atoms with Crippen LogP contribution in [0.15, 0.2) is 29.1 Å². The van der Waals surface area contributed by atoms with Crippen molar-refractivity contribution < 1.29 is 4.79 Å². The lowest BCUT2D eigenvalue weighted by Gasteiger charge is -2.16. The first kappa shape index (κ1) is 15.3. The van der Waals surface area contributed by atoms with Crippen molar-refractivity contribution in [2.75, 3.05) is 12.3 Å². The van der Waals surface area contributed by atoms with E-state index in [-0.39, 0.29) is 17.3 Å². The standard InChI is InChI=1S/C17H20N4O2/c18-14-10-16(22)21-15(20-14)7-8-19-17(23)13-6-5-11-3-1-2-4-12(11)9-13/h5-6,9-10H,1-4,7-8H2,(H,19,23)(H3,18,20,21,22). The molecule has 1 aromatic carbocycles. The average molecular weight is 312 g/mol. The lowest BCUT2D eigenvalue weighted by Crippen LogP contribution is -2.27. The van der Waals surface area contributed by atoms with E-state index in [9.17, 15) is 9.59 Å². The van der Waals surface area contributed by atoms with Crippen molar-refractivity contribution in [2.45, 2.75) is 32.1 Å². The lowest BCUT2D eigenvalue weighted by molar-refractivity contribution is 0.0954. The minimum Gasteiger partial charge on any atom is -0.383 e. The Bertz CT molecular complexity index is 782. The van der Waals surface area contributed by atoms with E-state index >= 15 is 0 Å². The quantitative estimate of drug-likeness (QED) is 0.789. The molecule has 1 amide bonds.